The molecule has 0 atom stereocenters. The molecule has 3 heteroatoms. The van der Waals surface area contributed by atoms with Crippen LogP contribution in [-0.2, 0) is 0 Å². The fourth-order valence-electron chi connectivity index (χ4n) is 0.849. The highest BCUT2D eigenvalue weighted by molar-refractivity contribution is 9.10. The molecule has 0 unspecified atom stereocenters. The Hall–Kier alpha value is -0.150. The highest BCUT2D eigenvalue weighted by atomic mass is 79.9. The first-order chi connectivity index (χ1) is 5.24. The lowest BCUT2D eigenvalue weighted by Crippen LogP contribution is -1.94. The second-order valence-corrected chi connectivity index (χ2v) is 3.49. The molecule has 0 aromatic heterocycles. The standard InChI is InChI=1S/C8H10BrNS/c1-6-2-3-8(10-5-11)7(9)4-6/h2-4,10-11H,5H2,1H3. The van der Waals surface area contributed by atoms with E-state index in [1.54, 1.807) is 0 Å². The van der Waals surface area contributed by atoms with E-state index in [1.165, 1.54) is 5.56 Å². The molecule has 1 aromatic rings. The Morgan fingerprint density at radius 3 is 2.82 bits per heavy atom. The van der Waals surface area contributed by atoms with Crippen LogP contribution in [0.3, 0.4) is 0 Å². The minimum absolute atomic E-state index is 0.654. The topological polar surface area (TPSA) is 12.0 Å². The average Bonchev–Trinajstić information content (AvgIpc) is 1.95. The van der Waals surface area contributed by atoms with Gasteiger partial charge in [-0.1, -0.05) is 6.07 Å². The van der Waals surface area contributed by atoms with E-state index in [0.29, 0.717) is 5.88 Å². The molecule has 0 aliphatic heterocycles. The molecule has 0 radical (unpaired) electrons. The Kier molecular flexibility index (Phi) is 3.27. The first-order valence-electron chi connectivity index (χ1n) is 3.35. The fraction of sp³-hybridized carbons (Fsp3) is 0.250. The molecule has 1 nitrogen and oxygen atoms in total. The summed E-state index contributed by atoms with van der Waals surface area (Å²) in [7, 11) is 0. The fourth-order valence-corrected chi connectivity index (χ4v) is 1.65. The van der Waals surface area contributed by atoms with E-state index in [4.69, 9.17) is 0 Å². The molecule has 60 valence electrons. The van der Waals surface area contributed by atoms with Crippen molar-refractivity contribution in [1.82, 2.24) is 0 Å². The van der Waals surface area contributed by atoms with Gasteiger partial charge in [-0.15, -0.1) is 0 Å². The molecule has 11 heavy (non-hydrogen) atoms. The molecule has 0 amide bonds. The van der Waals surface area contributed by atoms with Crippen LogP contribution in [0.15, 0.2) is 22.7 Å². The first-order valence-corrected chi connectivity index (χ1v) is 4.77. The number of anilines is 1. The molecular formula is C8H10BrNS. The van der Waals surface area contributed by atoms with Crippen LogP contribution in [0, 0.1) is 6.92 Å². The van der Waals surface area contributed by atoms with Crippen LogP contribution >= 0.6 is 28.6 Å². The highest BCUT2D eigenvalue weighted by Crippen LogP contribution is 2.22. The Morgan fingerprint density at radius 1 is 1.55 bits per heavy atom. The maximum atomic E-state index is 4.07. The van der Waals surface area contributed by atoms with Crippen LogP contribution in [0.2, 0.25) is 0 Å². The number of rotatable bonds is 2. The quantitative estimate of drug-likeness (QED) is 0.590. The maximum absolute atomic E-state index is 4.07. The second-order valence-electron chi connectivity index (χ2n) is 2.32. The van der Waals surface area contributed by atoms with E-state index in [9.17, 15) is 0 Å². The van der Waals surface area contributed by atoms with Crippen molar-refractivity contribution in [1.29, 1.82) is 0 Å². The van der Waals surface area contributed by atoms with Crippen molar-refractivity contribution in [3.63, 3.8) is 0 Å². The van der Waals surface area contributed by atoms with E-state index < -0.39 is 0 Å². The number of thiol groups is 1. The van der Waals surface area contributed by atoms with Crippen LogP contribution in [0.1, 0.15) is 5.56 Å². The molecule has 0 bridgehead atoms. The third-order valence-electron chi connectivity index (χ3n) is 1.39. The first kappa shape index (κ1) is 8.94. The number of aryl methyl sites for hydroxylation is 1. The average molecular weight is 232 g/mol. The summed E-state index contributed by atoms with van der Waals surface area (Å²) in [6.07, 6.45) is 0. The van der Waals surface area contributed by atoms with E-state index in [2.05, 4.69) is 52.9 Å². The van der Waals surface area contributed by atoms with Gasteiger partial charge in [0.05, 0.1) is 5.88 Å². The molecule has 0 saturated carbocycles. The summed E-state index contributed by atoms with van der Waals surface area (Å²) in [4.78, 5) is 0. The van der Waals surface area contributed by atoms with Crippen molar-refractivity contribution in [2.75, 3.05) is 11.2 Å². The van der Waals surface area contributed by atoms with Gasteiger partial charge in [0.15, 0.2) is 0 Å². The lowest BCUT2D eigenvalue weighted by Gasteiger charge is -2.05. The Balaban J connectivity index is 2.90. The minimum atomic E-state index is 0.654. The molecule has 0 fully saturated rings. The predicted molar refractivity (Wildman–Crippen MR) is 56.4 cm³/mol. The lowest BCUT2D eigenvalue weighted by molar-refractivity contribution is 1.40. The van der Waals surface area contributed by atoms with Crippen LogP contribution in [0.5, 0.6) is 0 Å². The monoisotopic (exact) mass is 231 g/mol. The molecule has 0 spiro atoms. The molecular weight excluding hydrogens is 222 g/mol. The molecule has 1 N–H and O–H groups in total. The largest absolute Gasteiger partial charge is 0.375 e. The molecule has 0 aliphatic carbocycles. The van der Waals surface area contributed by atoms with Gasteiger partial charge in [0.2, 0.25) is 0 Å². The molecule has 1 rings (SSSR count). The third kappa shape index (κ3) is 2.42. The van der Waals surface area contributed by atoms with Gasteiger partial charge in [-0.2, -0.15) is 12.6 Å². The van der Waals surface area contributed by atoms with E-state index in [1.807, 2.05) is 6.07 Å². The van der Waals surface area contributed by atoms with Gasteiger partial charge in [0, 0.05) is 10.2 Å². The van der Waals surface area contributed by atoms with Gasteiger partial charge in [0.25, 0.3) is 0 Å². The number of hydrogen-bond donors (Lipinski definition) is 2. The summed E-state index contributed by atoms with van der Waals surface area (Å²) in [6, 6.07) is 6.18. The Bertz CT molecular complexity index is 250. The summed E-state index contributed by atoms with van der Waals surface area (Å²) in [6.45, 7) is 2.06. The third-order valence-corrected chi connectivity index (χ3v) is 2.21. The van der Waals surface area contributed by atoms with Crippen molar-refractivity contribution < 1.29 is 0 Å². The Labute approximate surface area is 80.7 Å². The van der Waals surface area contributed by atoms with Crippen molar-refractivity contribution in [3.8, 4) is 0 Å². The zero-order chi connectivity index (χ0) is 8.27. The highest BCUT2D eigenvalue weighted by Gasteiger charge is 1.96. The van der Waals surface area contributed by atoms with Crippen molar-refractivity contribution in [2.24, 2.45) is 0 Å². The zero-order valence-corrected chi connectivity index (χ0v) is 8.74. The van der Waals surface area contributed by atoms with Crippen molar-refractivity contribution >= 4 is 34.2 Å². The van der Waals surface area contributed by atoms with Crippen LogP contribution < -0.4 is 5.32 Å². The summed E-state index contributed by atoms with van der Waals surface area (Å²) in [5.41, 5.74) is 2.34. The van der Waals surface area contributed by atoms with Crippen LogP contribution in [0.25, 0.3) is 0 Å². The van der Waals surface area contributed by atoms with Crippen LogP contribution in [0.4, 0.5) is 5.69 Å². The second kappa shape index (κ2) is 4.02. The number of benzene rings is 1. The van der Waals surface area contributed by atoms with E-state index >= 15 is 0 Å². The molecule has 0 heterocycles. The van der Waals surface area contributed by atoms with Gasteiger partial charge in [0.1, 0.15) is 0 Å². The minimum Gasteiger partial charge on any atom is -0.375 e. The summed E-state index contributed by atoms with van der Waals surface area (Å²) in [5, 5.41) is 3.12. The summed E-state index contributed by atoms with van der Waals surface area (Å²) in [5.74, 6) is 0.654. The van der Waals surface area contributed by atoms with Gasteiger partial charge in [-0.3, -0.25) is 0 Å². The molecule has 0 aliphatic rings. The molecule has 1 aromatic carbocycles. The van der Waals surface area contributed by atoms with E-state index in [-0.39, 0.29) is 0 Å². The van der Waals surface area contributed by atoms with Crippen molar-refractivity contribution in [3.05, 3.63) is 28.2 Å². The van der Waals surface area contributed by atoms with Gasteiger partial charge < -0.3 is 5.32 Å². The molecule has 0 saturated heterocycles. The van der Waals surface area contributed by atoms with E-state index in [0.717, 1.165) is 10.2 Å². The van der Waals surface area contributed by atoms with Gasteiger partial charge in [-0.25, -0.2) is 0 Å². The Morgan fingerprint density at radius 2 is 2.27 bits per heavy atom. The van der Waals surface area contributed by atoms with Crippen molar-refractivity contribution in [2.45, 2.75) is 6.92 Å². The van der Waals surface area contributed by atoms with Gasteiger partial charge in [-0.05, 0) is 40.5 Å². The SMILES string of the molecule is Cc1ccc(NCS)c(Br)c1. The summed E-state index contributed by atoms with van der Waals surface area (Å²) >= 11 is 7.52. The summed E-state index contributed by atoms with van der Waals surface area (Å²) < 4.78 is 1.09. The smallest absolute Gasteiger partial charge is 0.0581 e. The van der Waals surface area contributed by atoms with Crippen LogP contribution in [-0.4, -0.2) is 5.88 Å². The number of hydrogen-bond acceptors (Lipinski definition) is 2. The zero-order valence-electron chi connectivity index (χ0n) is 6.26. The predicted octanol–water partition coefficient (Wildman–Crippen LogP) is 3.06. The maximum Gasteiger partial charge on any atom is 0.0581 e. The normalized spacial score (nSPS) is 9.73. The number of halogens is 1. The number of nitrogens with one attached hydrogen (secondary N) is 1. The lowest BCUT2D eigenvalue weighted by atomic mass is 10.2. The van der Waals surface area contributed by atoms with Gasteiger partial charge >= 0.3 is 0 Å².